The van der Waals surface area contributed by atoms with Crippen molar-refractivity contribution in [2.45, 2.75) is 6.17 Å². The standard InChI is InChI=1S/C4H9ClN4/c5-3-1-4(9-6)8-2-7-3/h1,4,7-9H,2,6H2. The molecule has 0 radical (unpaired) electrons. The SMILES string of the molecule is NNC1C=C(Cl)NCN1. The molecule has 0 saturated carbocycles. The molecule has 0 aliphatic carbocycles. The summed E-state index contributed by atoms with van der Waals surface area (Å²) < 4.78 is 0. The molecule has 1 atom stereocenters. The second-order valence-corrected chi connectivity index (χ2v) is 2.12. The van der Waals surface area contributed by atoms with Gasteiger partial charge in [0.05, 0.1) is 12.8 Å². The lowest BCUT2D eigenvalue weighted by Gasteiger charge is -2.20. The number of hydrazine groups is 1. The van der Waals surface area contributed by atoms with Crippen molar-refractivity contribution in [1.82, 2.24) is 16.1 Å². The Morgan fingerprint density at radius 3 is 3.11 bits per heavy atom. The zero-order chi connectivity index (χ0) is 6.69. The molecule has 0 aromatic carbocycles. The lowest BCUT2D eigenvalue weighted by Crippen LogP contribution is -2.50. The summed E-state index contributed by atoms with van der Waals surface area (Å²) in [6, 6.07) is 0. The number of nitrogens with two attached hydrogens (primary N) is 1. The van der Waals surface area contributed by atoms with Crippen LogP contribution in [0.5, 0.6) is 0 Å². The summed E-state index contributed by atoms with van der Waals surface area (Å²) in [4.78, 5) is 0. The van der Waals surface area contributed by atoms with Crippen molar-refractivity contribution in [2.24, 2.45) is 5.84 Å². The van der Waals surface area contributed by atoms with Crippen LogP contribution in [-0.2, 0) is 0 Å². The summed E-state index contributed by atoms with van der Waals surface area (Å²) in [5.41, 5.74) is 2.52. The van der Waals surface area contributed by atoms with Gasteiger partial charge in [0.1, 0.15) is 5.16 Å². The molecule has 0 aromatic heterocycles. The van der Waals surface area contributed by atoms with Crippen LogP contribution in [0.2, 0.25) is 0 Å². The second-order valence-electron chi connectivity index (χ2n) is 1.72. The van der Waals surface area contributed by atoms with Gasteiger partial charge in [0.15, 0.2) is 0 Å². The molecule has 0 aromatic rings. The predicted octanol–water partition coefficient (Wildman–Crippen LogP) is -0.994. The van der Waals surface area contributed by atoms with Crippen molar-refractivity contribution < 1.29 is 0 Å². The minimum Gasteiger partial charge on any atom is -0.363 e. The third-order valence-electron chi connectivity index (χ3n) is 1.07. The van der Waals surface area contributed by atoms with Crippen molar-refractivity contribution in [1.29, 1.82) is 0 Å². The summed E-state index contributed by atoms with van der Waals surface area (Å²) in [6.45, 7) is 0.643. The van der Waals surface area contributed by atoms with E-state index >= 15 is 0 Å². The van der Waals surface area contributed by atoms with Gasteiger partial charge in [-0.25, -0.2) is 5.43 Å². The molecule has 0 amide bonds. The van der Waals surface area contributed by atoms with E-state index in [9.17, 15) is 0 Å². The van der Waals surface area contributed by atoms with E-state index < -0.39 is 0 Å². The van der Waals surface area contributed by atoms with E-state index in [0.717, 1.165) is 0 Å². The normalized spacial score (nSPS) is 26.9. The predicted molar refractivity (Wildman–Crippen MR) is 36.2 cm³/mol. The summed E-state index contributed by atoms with van der Waals surface area (Å²) >= 11 is 5.60. The minimum absolute atomic E-state index is 0.0150. The van der Waals surface area contributed by atoms with E-state index in [1.165, 1.54) is 0 Å². The van der Waals surface area contributed by atoms with Crippen LogP contribution in [0.15, 0.2) is 11.2 Å². The zero-order valence-corrected chi connectivity index (χ0v) is 5.57. The maximum absolute atomic E-state index is 5.60. The van der Waals surface area contributed by atoms with Gasteiger partial charge in [-0.3, -0.25) is 11.2 Å². The summed E-state index contributed by atoms with van der Waals surface area (Å²) in [6.07, 6.45) is 1.74. The first-order valence-electron chi connectivity index (χ1n) is 2.63. The largest absolute Gasteiger partial charge is 0.363 e. The smallest absolute Gasteiger partial charge is 0.102 e. The first-order chi connectivity index (χ1) is 4.33. The Labute approximate surface area is 58.4 Å². The highest BCUT2D eigenvalue weighted by Crippen LogP contribution is 1.99. The maximum atomic E-state index is 5.60. The zero-order valence-electron chi connectivity index (χ0n) is 4.82. The Kier molecular flexibility index (Phi) is 2.29. The molecule has 1 heterocycles. The van der Waals surface area contributed by atoms with E-state index in [1.807, 2.05) is 0 Å². The average molecular weight is 149 g/mol. The number of hydrogen-bond donors (Lipinski definition) is 4. The summed E-state index contributed by atoms with van der Waals surface area (Å²) in [5, 5.41) is 6.48. The van der Waals surface area contributed by atoms with Gasteiger partial charge >= 0.3 is 0 Å². The van der Waals surface area contributed by atoms with E-state index in [2.05, 4.69) is 16.1 Å². The molecule has 52 valence electrons. The molecule has 5 N–H and O–H groups in total. The van der Waals surface area contributed by atoms with E-state index in [1.54, 1.807) is 6.08 Å². The van der Waals surface area contributed by atoms with Gasteiger partial charge in [-0.1, -0.05) is 11.6 Å². The van der Waals surface area contributed by atoms with Crippen molar-refractivity contribution in [3.8, 4) is 0 Å². The molecule has 9 heavy (non-hydrogen) atoms. The number of nitrogens with one attached hydrogen (secondary N) is 3. The fourth-order valence-electron chi connectivity index (χ4n) is 0.617. The Balaban J connectivity index is 2.47. The van der Waals surface area contributed by atoms with Crippen LogP contribution in [-0.4, -0.2) is 12.8 Å². The van der Waals surface area contributed by atoms with Crippen LogP contribution in [0.1, 0.15) is 0 Å². The molecule has 0 saturated heterocycles. The third-order valence-corrected chi connectivity index (χ3v) is 1.33. The molecular weight excluding hydrogens is 140 g/mol. The van der Waals surface area contributed by atoms with Crippen molar-refractivity contribution in [3.05, 3.63) is 11.2 Å². The monoisotopic (exact) mass is 148 g/mol. The molecule has 0 spiro atoms. The van der Waals surface area contributed by atoms with Crippen LogP contribution in [0.3, 0.4) is 0 Å². The lowest BCUT2D eigenvalue weighted by atomic mass is 10.4. The van der Waals surface area contributed by atoms with Gasteiger partial charge in [-0.15, -0.1) is 0 Å². The molecule has 1 unspecified atom stereocenters. The van der Waals surface area contributed by atoms with Crippen LogP contribution >= 0.6 is 11.6 Å². The highest BCUT2D eigenvalue weighted by Gasteiger charge is 2.06. The molecule has 1 aliphatic heterocycles. The highest BCUT2D eigenvalue weighted by molar-refractivity contribution is 6.29. The molecule has 5 heteroatoms. The second kappa shape index (κ2) is 3.03. The van der Waals surface area contributed by atoms with Crippen LogP contribution < -0.4 is 21.9 Å². The quantitative estimate of drug-likeness (QED) is 0.219. The molecule has 0 fully saturated rings. The minimum atomic E-state index is -0.0150. The van der Waals surface area contributed by atoms with Gasteiger partial charge in [-0.05, 0) is 6.08 Å². The Morgan fingerprint density at radius 1 is 1.89 bits per heavy atom. The maximum Gasteiger partial charge on any atom is 0.102 e. The van der Waals surface area contributed by atoms with Gasteiger partial charge in [0.25, 0.3) is 0 Å². The lowest BCUT2D eigenvalue weighted by molar-refractivity contribution is 0.470. The van der Waals surface area contributed by atoms with Gasteiger partial charge in [-0.2, -0.15) is 0 Å². The first-order valence-corrected chi connectivity index (χ1v) is 3.01. The summed E-state index contributed by atoms with van der Waals surface area (Å²) in [5.74, 6) is 5.12. The van der Waals surface area contributed by atoms with Crippen molar-refractivity contribution in [2.75, 3.05) is 6.67 Å². The topological polar surface area (TPSA) is 62.1 Å². The Morgan fingerprint density at radius 2 is 2.67 bits per heavy atom. The average Bonchev–Trinajstić information content (AvgIpc) is 1.88. The summed E-state index contributed by atoms with van der Waals surface area (Å²) in [7, 11) is 0. The van der Waals surface area contributed by atoms with Gasteiger partial charge in [0.2, 0.25) is 0 Å². The number of hydrogen-bond acceptors (Lipinski definition) is 4. The van der Waals surface area contributed by atoms with Crippen molar-refractivity contribution >= 4 is 11.6 Å². The van der Waals surface area contributed by atoms with Gasteiger partial charge < -0.3 is 5.32 Å². The van der Waals surface area contributed by atoms with Crippen LogP contribution in [0.4, 0.5) is 0 Å². The van der Waals surface area contributed by atoms with Crippen molar-refractivity contribution in [3.63, 3.8) is 0 Å². The fourth-order valence-corrected chi connectivity index (χ4v) is 0.809. The third kappa shape index (κ3) is 1.83. The number of rotatable bonds is 1. The molecule has 4 nitrogen and oxygen atoms in total. The molecule has 1 rings (SSSR count). The van der Waals surface area contributed by atoms with E-state index in [-0.39, 0.29) is 6.17 Å². The molecule has 0 bridgehead atoms. The number of halogens is 1. The van der Waals surface area contributed by atoms with Gasteiger partial charge in [0, 0.05) is 0 Å². The molecular formula is C4H9ClN4. The van der Waals surface area contributed by atoms with E-state index in [0.29, 0.717) is 11.8 Å². The van der Waals surface area contributed by atoms with Crippen LogP contribution in [0, 0.1) is 0 Å². The Bertz CT molecular complexity index is 124. The highest BCUT2D eigenvalue weighted by atomic mass is 35.5. The fraction of sp³-hybridized carbons (Fsp3) is 0.500. The Hall–Kier alpha value is -0.290. The first kappa shape index (κ1) is 6.82. The van der Waals surface area contributed by atoms with E-state index in [4.69, 9.17) is 17.4 Å². The molecule has 1 aliphatic rings. The van der Waals surface area contributed by atoms with Crippen LogP contribution in [0.25, 0.3) is 0 Å².